The van der Waals surface area contributed by atoms with E-state index in [1.165, 1.54) is 0 Å². The van der Waals surface area contributed by atoms with E-state index < -0.39 is 42.7 Å². The molecule has 0 radical (unpaired) electrons. The standard InChI is InChI=1S/C4H5NO3.Ca.2ClH.Na.H/c5-3(6)1-2-4(7)8;;;;;/h1-2H,(H2,5,6)(H,7,8);;2*1H;;/q;+2;;;;/p-2/b2-1-;;;;;. The predicted molar refractivity (Wildman–Crippen MR) is 50.6 cm³/mol. The molecule has 0 atom stereocenters. The van der Waals surface area contributed by atoms with Gasteiger partial charge in [0.1, 0.15) is 0 Å². The minimum atomic E-state index is -1.18. The van der Waals surface area contributed by atoms with Gasteiger partial charge in [-0.1, -0.05) is 0 Å². The number of hydrogen-bond acceptors (Lipinski definition) is 2. The molecule has 1 amide bonds. The van der Waals surface area contributed by atoms with Gasteiger partial charge in [-0.2, -0.15) is 0 Å². The van der Waals surface area contributed by atoms with Crippen LogP contribution in [-0.4, -0.2) is 77.4 Å². The Hall–Kier alpha value is 1.52. The summed E-state index contributed by atoms with van der Waals surface area (Å²) in [6.45, 7) is 0. The van der Waals surface area contributed by atoms with E-state index in [9.17, 15) is 9.59 Å². The average Bonchev–Trinajstić information content (AvgIpc) is 1.85. The van der Waals surface area contributed by atoms with Crippen molar-refractivity contribution in [2.24, 2.45) is 5.73 Å². The van der Waals surface area contributed by atoms with Crippen molar-refractivity contribution >= 4 is 85.1 Å². The van der Waals surface area contributed by atoms with Gasteiger partial charge in [0.25, 0.3) is 0 Å². The Kier molecular flexibility index (Phi) is 24.0. The molecule has 3 N–H and O–H groups in total. The SMILES string of the molecule is NC(=O)/C=C\C(=O)O.[Cl][Ca][Cl].[NaH]. The van der Waals surface area contributed by atoms with Gasteiger partial charge in [-0.3, -0.25) is 4.79 Å². The predicted octanol–water partition coefficient (Wildman–Crippen LogP) is -0.538. The molecule has 62 valence electrons. The number of hydrogen-bond donors (Lipinski definition) is 2. The number of carbonyl (C=O) groups excluding carboxylic acids is 1. The number of amides is 1. The average molecular weight is 250 g/mol. The second-order valence-electron chi connectivity index (χ2n) is 1.17. The van der Waals surface area contributed by atoms with Crippen molar-refractivity contribution < 1.29 is 14.7 Å². The van der Waals surface area contributed by atoms with E-state index in [4.69, 9.17) is 17.9 Å². The number of rotatable bonds is 2. The van der Waals surface area contributed by atoms with Crippen LogP contribution in [0, 0.1) is 0 Å². The Balaban J connectivity index is -0.000000177. The van der Waals surface area contributed by atoms with Crippen molar-refractivity contribution in [2.75, 3.05) is 0 Å². The van der Waals surface area contributed by atoms with E-state index in [0.717, 1.165) is 6.08 Å². The van der Waals surface area contributed by atoms with Crippen molar-refractivity contribution in [1.29, 1.82) is 0 Å². The van der Waals surface area contributed by atoms with Gasteiger partial charge in [-0.05, 0) is 0 Å². The Morgan fingerprint density at radius 2 is 1.67 bits per heavy atom. The molecule has 0 bridgehead atoms. The summed E-state index contributed by atoms with van der Waals surface area (Å²) in [6.07, 6.45) is 11.4. The van der Waals surface area contributed by atoms with Gasteiger partial charge in [-0.25, -0.2) is 4.79 Å². The van der Waals surface area contributed by atoms with E-state index in [-0.39, 0.29) is 29.6 Å². The number of aliphatic carboxylic acids is 1. The Bertz CT molecular complexity index is 150. The molecule has 8 heteroatoms. The summed E-state index contributed by atoms with van der Waals surface area (Å²) in [4.78, 5) is 19.4. The first kappa shape index (κ1) is 19.1. The van der Waals surface area contributed by atoms with Crippen molar-refractivity contribution in [3.05, 3.63) is 12.2 Å². The molecule has 0 aromatic heterocycles. The minimum absolute atomic E-state index is 0. The number of carboxylic acid groups (broad SMARTS) is 1. The first-order valence-corrected chi connectivity index (χ1v) is 8.44. The molecule has 0 aliphatic heterocycles. The molecule has 12 heavy (non-hydrogen) atoms. The Morgan fingerprint density at radius 1 is 1.33 bits per heavy atom. The summed E-state index contributed by atoms with van der Waals surface area (Å²) >= 11 is -0.931. The van der Waals surface area contributed by atoms with Gasteiger partial charge in [-0.15, -0.1) is 0 Å². The van der Waals surface area contributed by atoms with Crippen LogP contribution in [0.3, 0.4) is 0 Å². The van der Waals surface area contributed by atoms with Crippen LogP contribution in [0.4, 0.5) is 0 Å². The monoisotopic (exact) mass is 249 g/mol. The quantitative estimate of drug-likeness (QED) is 0.510. The summed E-state index contributed by atoms with van der Waals surface area (Å²) in [5.74, 6) is -1.93. The zero-order valence-electron chi connectivity index (χ0n) is 5.46. The summed E-state index contributed by atoms with van der Waals surface area (Å²) in [5.41, 5.74) is 4.55. The maximum atomic E-state index is 9.78. The molecule has 0 rings (SSSR count). The van der Waals surface area contributed by atoms with Gasteiger partial charge in [0.05, 0.1) is 0 Å². The van der Waals surface area contributed by atoms with Gasteiger partial charge in [0.15, 0.2) is 0 Å². The first-order valence-electron chi connectivity index (χ1n) is 2.37. The van der Waals surface area contributed by atoms with Crippen molar-refractivity contribution in [3.8, 4) is 0 Å². The molecular weight excluding hydrogens is 244 g/mol. The molecule has 0 aliphatic rings. The van der Waals surface area contributed by atoms with Crippen LogP contribution in [0.2, 0.25) is 0 Å². The Labute approximate surface area is 116 Å². The molecule has 0 fully saturated rings. The molecule has 4 nitrogen and oxygen atoms in total. The van der Waals surface area contributed by atoms with Crippen molar-refractivity contribution in [2.45, 2.75) is 0 Å². The summed E-state index contributed by atoms with van der Waals surface area (Å²) in [5, 5.41) is 7.87. The van der Waals surface area contributed by atoms with Crippen LogP contribution < -0.4 is 5.73 Å². The van der Waals surface area contributed by atoms with Crippen LogP contribution in [0.1, 0.15) is 0 Å². The fraction of sp³-hybridized carbons (Fsp3) is 0. The molecule has 0 aliphatic carbocycles. The number of carboxylic acids is 1. The van der Waals surface area contributed by atoms with Crippen molar-refractivity contribution in [1.82, 2.24) is 0 Å². The summed E-state index contributed by atoms with van der Waals surface area (Å²) < 4.78 is 0. The third-order valence-electron chi connectivity index (χ3n) is 0.390. The topological polar surface area (TPSA) is 80.4 Å². The first-order chi connectivity index (χ1) is 5.04. The number of nitrogens with two attached hydrogens (primary N) is 1. The van der Waals surface area contributed by atoms with Crippen LogP contribution in [-0.2, 0) is 9.59 Å². The maximum absolute atomic E-state index is 9.78. The van der Waals surface area contributed by atoms with Crippen LogP contribution in [0.5, 0.6) is 0 Å². The second-order valence-corrected chi connectivity index (χ2v) is 4.82. The normalized spacial score (nSPS) is 7.17. The van der Waals surface area contributed by atoms with Crippen LogP contribution in [0.25, 0.3) is 0 Å². The Morgan fingerprint density at radius 3 is 1.75 bits per heavy atom. The molecule has 0 saturated heterocycles. The molecule has 0 heterocycles. The van der Waals surface area contributed by atoms with E-state index in [0.29, 0.717) is 6.08 Å². The van der Waals surface area contributed by atoms with Gasteiger partial charge >= 0.3 is 79.1 Å². The van der Waals surface area contributed by atoms with Gasteiger partial charge in [0, 0.05) is 12.2 Å². The van der Waals surface area contributed by atoms with Crippen LogP contribution in [0.15, 0.2) is 12.2 Å². The zero-order chi connectivity index (χ0) is 9.28. The van der Waals surface area contributed by atoms with Crippen LogP contribution >= 0.6 is 12.8 Å². The van der Waals surface area contributed by atoms with E-state index in [1.54, 1.807) is 0 Å². The fourth-order valence-corrected chi connectivity index (χ4v) is 0.153. The van der Waals surface area contributed by atoms with Gasteiger partial charge < -0.3 is 10.8 Å². The van der Waals surface area contributed by atoms with E-state index >= 15 is 0 Å². The molecule has 0 spiro atoms. The third-order valence-corrected chi connectivity index (χ3v) is 0.390. The number of carbonyl (C=O) groups is 2. The molecule has 0 saturated carbocycles. The summed E-state index contributed by atoms with van der Waals surface area (Å²) in [7, 11) is 0. The molecular formula is C4H6CaCl2NNaO3. The molecule has 0 aromatic carbocycles. The number of primary amides is 1. The summed E-state index contributed by atoms with van der Waals surface area (Å²) in [6, 6.07) is 0. The van der Waals surface area contributed by atoms with Crippen molar-refractivity contribution in [3.63, 3.8) is 0 Å². The zero-order valence-corrected chi connectivity index (χ0v) is 9.18. The molecule has 0 unspecified atom stereocenters. The van der Waals surface area contributed by atoms with E-state index in [1.807, 2.05) is 0 Å². The fourth-order valence-electron chi connectivity index (χ4n) is 0.153. The van der Waals surface area contributed by atoms with Gasteiger partial charge in [0.2, 0.25) is 5.91 Å². The third kappa shape index (κ3) is 30.0. The number of halogens is 2. The molecule has 0 aromatic rings. The van der Waals surface area contributed by atoms with E-state index in [2.05, 4.69) is 5.73 Å². The second kappa shape index (κ2) is 15.0.